The number of carboxylic acid groups (broad SMARTS) is 1. The average Bonchev–Trinajstić information content (AvgIpc) is 2.16. The summed E-state index contributed by atoms with van der Waals surface area (Å²) >= 11 is 0. The van der Waals surface area contributed by atoms with Crippen LogP contribution in [0.5, 0.6) is 0 Å². The first-order valence-electron chi connectivity index (χ1n) is 3.76. The average molecular weight is 194 g/mol. The third-order valence-electron chi connectivity index (χ3n) is 1.80. The summed E-state index contributed by atoms with van der Waals surface area (Å²) in [6.07, 6.45) is 0. The quantitative estimate of drug-likeness (QED) is 0.730. The van der Waals surface area contributed by atoms with Gasteiger partial charge >= 0.3 is 5.97 Å². The van der Waals surface area contributed by atoms with E-state index in [-0.39, 0.29) is 23.2 Å². The predicted octanol–water partition coefficient (Wildman–Crippen LogP) is 0.854. The lowest BCUT2D eigenvalue weighted by Crippen LogP contribution is -2.09. The summed E-state index contributed by atoms with van der Waals surface area (Å²) in [7, 11) is 0. The number of benzene rings is 1. The normalized spacial score (nSPS) is 9.50. The van der Waals surface area contributed by atoms with Crippen LogP contribution in [0.25, 0.3) is 0 Å². The number of nitrogens with two attached hydrogens (primary N) is 1. The number of nitrogens with zero attached hydrogens (tertiary/aromatic N) is 1. The lowest BCUT2D eigenvalue weighted by Gasteiger charge is -2.05. The summed E-state index contributed by atoms with van der Waals surface area (Å²) in [5.41, 5.74) is 4.71. The van der Waals surface area contributed by atoms with Gasteiger partial charge < -0.3 is 10.8 Å². The molecule has 14 heavy (non-hydrogen) atoms. The first-order chi connectivity index (χ1) is 6.61. The van der Waals surface area contributed by atoms with E-state index in [1.807, 2.05) is 0 Å². The van der Waals surface area contributed by atoms with Gasteiger partial charge in [0.15, 0.2) is 0 Å². The zero-order chi connectivity index (χ0) is 10.7. The number of carboxylic acids is 1. The minimum Gasteiger partial charge on any atom is -0.478 e. The van der Waals surface area contributed by atoms with Crippen LogP contribution in [0.1, 0.15) is 21.5 Å². The Morgan fingerprint density at radius 3 is 2.71 bits per heavy atom. The maximum absolute atomic E-state index is 13.1. The second-order valence-electron chi connectivity index (χ2n) is 2.57. The van der Waals surface area contributed by atoms with Crippen molar-refractivity contribution in [1.29, 1.82) is 5.26 Å². The summed E-state index contributed by atoms with van der Waals surface area (Å²) in [5, 5.41) is 17.4. The smallest absolute Gasteiger partial charge is 0.337 e. The topological polar surface area (TPSA) is 87.1 Å². The maximum atomic E-state index is 13.1. The highest BCUT2D eigenvalue weighted by molar-refractivity contribution is 5.91. The van der Waals surface area contributed by atoms with Gasteiger partial charge in [-0.05, 0) is 12.1 Å². The number of hydrogen-bond acceptors (Lipinski definition) is 3. The van der Waals surface area contributed by atoms with E-state index in [0.717, 1.165) is 12.1 Å². The summed E-state index contributed by atoms with van der Waals surface area (Å²) in [6, 6.07) is 3.68. The summed E-state index contributed by atoms with van der Waals surface area (Å²) in [4.78, 5) is 10.6. The molecule has 0 aliphatic heterocycles. The van der Waals surface area contributed by atoms with Crippen LogP contribution in [0.15, 0.2) is 12.1 Å². The van der Waals surface area contributed by atoms with Crippen molar-refractivity contribution in [3.63, 3.8) is 0 Å². The van der Waals surface area contributed by atoms with Crippen molar-refractivity contribution >= 4 is 5.97 Å². The Balaban J connectivity index is 3.50. The number of hydrogen-bond donors (Lipinski definition) is 2. The highest BCUT2D eigenvalue weighted by Crippen LogP contribution is 2.17. The number of nitriles is 1. The third kappa shape index (κ3) is 1.56. The minimum absolute atomic E-state index is 0.0626. The fraction of sp³-hybridized carbons (Fsp3) is 0.111. The van der Waals surface area contributed by atoms with Gasteiger partial charge in [0.1, 0.15) is 11.9 Å². The molecule has 4 nitrogen and oxygen atoms in total. The summed E-state index contributed by atoms with van der Waals surface area (Å²) in [5.74, 6) is -1.93. The van der Waals surface area contributed by atoms with Crippen molar-refractivity contribution in [3.05, 3.63) is 34.6 Å². The van der Waals surface area contributed by atoms with E-state index in [1.165, 1.54) is 0 Å². The van der Waals surface area contributed by atoms with Crippen molar-refractivity contribution < 1.29 is 14.3 Å². The fourth-order valence-corrected chi connectivity index (χ4v) is 1.13. The van der Waals surface area contributed by atoms with E-state index < -0.39 is 11.8 Å². The van der Waals surface area contributed by atoms with Crippen LogP contribution in [0.2, 0.25) is 0 Å². The molecule has 1 aromatic rings. The van der Waals surface area contributed by atoms with Crippen LogP contribution in [-0.4, -0.2) is 11.1 Å². The number of carbonyl (C=O) groups is 1. The summed E-state index contributed by atoms with van der Waals surface area (Å²) in [6.45, 7) is -0.199. The zero-order valence-corrected chi connectivity index (χ0v) is 7.12. The molecule has 1 aromatic carbocycles. The van der Waals surface area contributed by atoms with Crippen molar-refractivity contribution in [1.82, 2.24) is 0 Å². The van der Waals surface area contributed by atoms with E-state index in [0.29, 0.717) is 0 Å². The predicted molar refractivity (Wildman–Crippen MR) is 46.0 cm³/mol. The molecule has 0 heterocycles. The van der Waals surface area contributed by atoms with E-state index in [9.17, 15) is 9.18 Å². The SMILES string of the molecule is N#Cc1c(C(=O)O)ccc(F)c1CN. The van der Waals surface area contributed by atoms with Gasteiger partial charge in [0.2, 0.25) is 0 Å². The van der Waals surface area contributed by atoms with Gasteiger partial charge in [-0.1, -0.05) is 0 Å². The molecule has 0 atom stereocenters. The molecule has 0 aliphatic carbocycles. The molecule has 0 radical (unpaired) electrons. The highest BCUT2D eigenvalue weighted by atomic mass is 19.1. The van der Waals surface area contributed by atoms with Crippen molar-refractivity contribution in [2.45, 2.75) is 6.54 Å². The van der Waals surface area contributed by atoms with Gasteiger partial charge in [0, 0.05) is 12.1 Å². The molecule has 0 saturated carbocycles. The molecule has 0 aliphatic rings. The van der Waals surface area contributed by atoms with Gasteiger partial charge in [-0.2, -0.15) is 5.26 Å². The van der Waals surface area contributed by atoms with Crippen LogP contribution < -0.4 is 5.73 Å². The molecule has 0 spiro atoms. The monoisotopic (exact) mass is 194 g/mol. The van der Waals surface area contributed by atoms with Crippen molar-refractivity contribution in [3.8, 4) is 6.07 Å². The highest BCUT2D eigenvalue weighted by Gasteiger charge is 2.16. The number of aromatic carboxylic acids is 1. The van der Waals surface area contributed by atoms with Crippen LogP contribution in [0.3, 0.4) is 0 Å². The molecular formula is C9H7FN2O2. The largest absolute Gasteiger partial charge is 0.478 e. The van der Waals surface area contributed by atoms with Crippen molar-refractivity contribution in [2.24, 2.45) is 5.73 Å². The third-order valence-corrected chi connectivity index (χ3v) is 1.80. The van der Waals surface area contributed by atoms with Crippen LogP contribution >= 0.6 is 0 Å². The number of rotatable bonds is 2. The van der Waals surface area contributed by atoms with Crippen molar-refractivity contribution in [2.75, 3.05) is 0 Å². The number of halogens is 1. The standard InChI is InChI=1S/C9H7FN2O2/c10-8-2-1-5(9(13)14)6(3-11)7(8)4-12/h1-2H,4,12H2,(H,13,14). The molecule has 1 rings (SSSR count). The molecule has 3 N–H and O–H groups in total. The summed E-state index contributed by atoms with van der Waals surface area (Å²) < 4.78 is 13.1. The van der Waals surface area contributed by atoms with Gasteiger partial charge in [-0.25, -0.2) is 9.18 Å². The Morgan fingerprint density at radius 1 is 1.64 bits per heavy atom. The Kier molecular flexibility index (Phi) is 2.79. The van der Waals surface area contributed by atoms with E-state index >= 15 is 0 Å². The Morgan fingerprint density at radius 2 is 2.29 bits per heavy atom. The van der Waals surface area contributed by atoms with E-state index in [1.54, 1.807) is 6.07 Å². The second kappa shape index (κ2) is 3.85. The Hall–Kier alpha value is -1.93. The molecule has 0 unspecified atom stereocenters. The van der Waals surface area contributed by atoms with E-state index in [2.05, 4.69) is 0 Å². The molecule has 0 amide bonds. The molecule has 5 heteroatoms. The molecule has 72 valence electrons. The van der Waals surface area contributed by atoms with Gasteiger partial charge in [0.05, 0.1) is 11.1 Å². The maximum Gasteiger partial charge on any atom is 0.337 e. The molecule has 0 fully saturated rings. The molecule has 0 saturated heterocycles. The van der Waals surface area contributed by atoms with Gasteiger partial charge in [-0.3, -0.25) is 0 Å². The molecular weight excluding hydrogens is 187 g/mol. The van der Waals surface area contributed by atoms with E-state index in [4.69, 9.17) is 16.1 Å². The Bertz CT molecular complexity index is 424. The Labute approximate surface area is 79.4 Å². The van der Waals surface area contributed by atoms with Crippen LogP contribution in [-0.2, 0) is 6.54 Å². The van der Waals surface area contributed by atoms with Crippen LogP contribution in [0, 0.1) is 17.1 Å². The first kappa shape index (κ1) is 10.2. The lowest BCUT2D eigenvalue weighted by atomic mass is 10.0. The van der Waals surface area contributed by atoms with Gasteiger partial charge in [-0.15, -0.1) is 0 Å². The zero-order valence-electron chi connectivity index (χ0n) is 7.12. The molecule has 0 bridgehead atoms. The second-order valence-corrected chi connectivity index (χ2v) is 2.57. The lowest BCUT2D eigenvalue weighted by molar-refractivity contribution is 0.0696. The minimum atomic E-state index is -1.27. The van der Waals surface area contributed by atoms with Crippen LogP contribution in [0.4, 0.5) is 4.39 Å². The van der Waals surface area contributed by atoms with Gasteiger partial charge in [0.25, 0.3) is 0 Å². The fourth-order valence-electron chi connectivity index (χ4n) is 1.13. The first-order valence-corrected chi connectivity index (χ1v) is 3.76. The molecule has 0 aromatic heterocycles.